The van der Waals surface area contributed by atoms with E-state index in [4.69, 9.17) is 10.5 Å². The second-order valence-electron chi connectivity index (χ2n) is 6.25. The Morgan fingerprint density at radius 2 is 1.95 bits per heavy atom. The smallest absolute Gasteiger partial charge is 0.309 e. The summed E-state index contributed by atoms with van der Waals surface area (Å²) in [6.07, 6.45) is 5.93. The highest BCUT2D eigenvalue weighted by Crippen LogP contribution is 2.31. The van der Waals surface area contributed by atoms with Crippen LogP contribution in [-0.4, -0.2) is 35.1 Å². The molecule has 0 radical (unpaired) electrons. The molecule has 0 aromatic heterocycles. The predicted molar refractivity (Wildman–Crippen MR) is 83.8 cm³/mol. The van der Waals surface area contributed by atoms with Gasteiger partial charge in [-0.15, -0.1) is 5.10 Å². The largest absolute Gasteiger partial charge is 0.460 e. The lowest BCUT2D eigenvalue weighted by Crippen LogP contribution is -2.26. The molecular formula is C15H20N4O3. The van der Waals surface area contributed by atoms with Gasteiger partial charge >= 0.3 is 5.97 Å². The van der Waals surface area contributed by atoms with Gasteiger partial charge in [0.15, 0.2) is 5.71 Å². The third-order valence-corrected chi connectivity index (χ3v) is 2.98. The molecule has 1 saturated carbocycles. The number of carbonyl (C=O) groups excluding carboxylic acids is 2. The van der Waals surface area contributed by atoms with Crippen LogP contribution in [0.4, 0.5) is 0 Å². The van der Waals surface area contributed by atoms with Crippen LogP contribution in [0.3, 0.4) is 0 Å². The standard InChI is InChI=1S/C8H14O2.C7H6N4O/c1-8(2,3)10-7(9)6-4-5-6;8-7(12)6-4-3-9-2-1-5(4)10-11-6/h6H,4-5H2,1-3H3;2-3H,1H2,(H2,8,12). The Morgan fingerprint density at radius 3 is 2.50 bits per heavy atom. The fourth-order valence-electron chi connectivity index (χ4n) is 1.79. The number of hydrogen-bond donors (Lipinski definition) is 1. The number of rotatable bonds is 2. The molecule has 1 fully saturated rings. The molecule has 118 valence electrons. The zero-order valence-electron chi connectivity index (χ0n) is 13.0. The van der Waals surface area contributed by atoms with Gasteiger partial charge in [-0.1, -0.05) is 0 Å². The third-order valence-electron chi connectivity index (χ3n) is 2.98. The van der Waals surface area contributed by atoms with E-state index in [-0.39, 0.29) is 23.2 Å². The molecule has 2 heterocycles. The lowest BCUT2D eigenvalue weighted by Gasteiger charge is -2.19. The van der Waals surface area contributed by atoms with Crippen molar-refractivity contribution < 1.29 is 14.3 Å². The minimum atomic E-state index is -0.558. The first-order valence-corrected chi connectivity index (χ1v) is 7.17. The number of nitrogens with two attached hydrogens (primary N) is 1. The van der Waals surface area contributed by atoms with E-state index in [9.17, 15) is 9.59 Å². The summed E-state index contributed by atoms with van der Waals surface area (Å²) in [6, 6.07) is 0. The van der Waals surface area contributed by atoms with Crippen molar-refractivity contribution in [2.75, 3.05) is 0 Å². The summed E-state index contributed by atoms with van der Waals surface area (Å²) in [5.74, 6) is -0.358. The number of nitrogens with zero attached hydrogens (tertiary/aromatic N) is 3. The Kier molecular flexibility index (Phi) is 4.54. The minimum absolute atomic E-state index is 0.0208. The van der Waals surface area contributed by atoms with E-state index >= 15 is 0 Å². The Labute approximate surface area is 129 Å². The van der Waals surface area contributed by atoms with Crippen LogP contribution >= 0.6 is 0 Å². The molecule has 0 unspecified atom stereocenters. The summed E-state index contributed by atoms with van der Waals surface area (Å²) < 4.78 is 5.12. The van der Waals surface area contributed by atoms with E-state index in [0.29, 0.717) is 12.0 Å². The highest BCUT2D eigenvalue weighted by Gasteiger charge is 2.33. The summed E-state index contributed by atoms with van der Waals surface area (Å²) in [5, 5.41) is 7.47. The number of primary amides is 1. The van der Waals surface area contributed by atoms with Crippen molar-refractivity contribution in [3.8, 4) is 0 Å². The molecular weight excluding hydrogens is 284 g/mol. The molecule has 2 aliphatic heterocycles. The number of hydrogen-bond acceptors (Lipinski definition) is 6. The summed E-state index contributed by atoms with van der Waals surface area (Å²) in [4.78, 5) is 25.7. The van der Waals surface area contributed by atoms with Gasteiger partial charge in [0.25, 0.3) is 5.91 Å². The zero-order valence-corrected chi connectivity index (χ0v) is 13.0. The maximum atomic E-state index is 11.0. The normalized spacial score (nSPS) is 19.1. The summed E-state index contributed by atoms with van der Waals surface area (Å²) in [6.45, 7) is 5.69. The van der Waals surface area contributed by atoms with Gasteiger partial charge in [0.2, 0.25) is 0 Å². The average Bonchev–Trinajstić information content (AvgIpc) is 3.17. The molecule has 7 heteroatoms. The number of ether oxygens (including phenoxy) is 1. The first-order chi connectivity index (χ1) is 10.3. The molecule has 0 bridgehead atoms. The van der Waals surface area contributed by atoms with Crippen LogP contribution in [0, 0.1) is 5.92 Å². The molecule has 2 N–H and O–H groups in total. The predicted octanol–water partition coefficient (Wildman–Crippen LogP) is 1.38. The molecule has 1 amide bonds. The number of carbonyl (C=O) groups is 2. The van der Waals surface area contributed by atoms with E-state index in [1.54, 1.807) is 12.4 Å². The molecule has 1 aliphatic carbocycles. The molecule has 22 heavy (non-hydrogen) atoms. The topological polar surface area (TPSA) is 106 Å². The number of aliphatic imine (C=N–C) groups is 1. The Morgan fingerprint density at radius 1 is 1.27 bits per heavy atom. The average molecular weight is 304 g/mol. The van der Waals surface area contributed by atoms with Crippen molar-refractivity contribution in [1.82, 2.24) is 0 Å². The van der Waals surface area contributed by atoms with Crippen LogP contribution in [0.15, 0.2) is 27.0 Å². The van der Waals surface area contributed by atoms with Crippen LogP contribution in [-0.2, 0) is 14.3 Å². The zero-order chi connectivity index (χ0) is 16.3. The van der Waals surface area contributed by atoms with Crippen LogP contribution < -0.4 is 5.73 Å². The van der Waals surface area contributed by atoms with Gasteiger partial charge in [0.1, 0.15) is 5.60 Å². The Bertz CT molecular complexity index is 605. The second kappa shape index (κ2) is 6.21. The molecule has 0 spiro atoms. The molecule has 3 aliphatic rings. The van der Waals surface area contributed by atoms with Gasteiger partial charge in [0, 0.05) is 24.4 Å². The van der Waals surface area contributed by atoms with Crippen molar-refractivity contribution in [2.45, 2.75) is 45.6 Å². The van der Waals surface area contributed by atoms with Gasteiger partial charge in [-0.25, -0.2) is 0 Å². The van der Waals surface area contributed by atoms with Crippen molar-refractivity contribution >= 4 is 29.5 Å². The van der Waals surface area contributed by atoms with E-state index in [1.807, 2.05) is 20.8 Å². The molecule has 7 nitrogen and oxygen atoms in total. The molecule has 0 aromatic carbocycles. The highest BCUT2D eigenvalue weighted by molar-refractivity contribution is 6.53. The highest BCUT2D eigenvalue weighted by atomic mass is 16.6. The molecule has 3 rings (SSSR count). The van der Waals surface area contributed by atoms with Crippen LogP contribution in [0.25, 0.3) is 0 Å². The first kappa shape index (κ1) is 16.1. The van der Waals surface area contributed by atoms with E-state index in [0.717, 1.165) is 18.6 Å². The monoisotopic (exact) mass is 304 g/mol. The van der Waals surface area contributed by atoms with Crippen molar-refractivity contribution in [3.63, 3.8) is 0 Å². The van der Waals surface area contributed by atoms with Crippen molar-refractivity contribution in [1.29, 1.82) is 0 Å². The van der Waals surface area contributed by atoms with Gasteiger partial charge in [-0.3, -0.25) is 14.6 Å². The molecule has 0 aromatic rings. The van der Waals surface area contributed by atoms with Crippen LogP contribution in [0.5, 0.6) is 0 Å². The van der Waals surface area contributed by atoms with Gasteiger partial charge in [0.05, 0.1) is 11.6 Å². The maximum Gasteiger partial charge on any atom is 0.309 e. The second-order valence-corrected chi connectivity index (χ2v) is 6.25. The van der Waals surface area contributed by atoms with Crippen LogP contribution in [0.1, 0.15) is 40.0 Å². The molecule has 0 saturated heterocycles. The van der Waals surface area contributed by atoms with Gasteiger partial charge in [-0.05, 0) is 33.6 Å². The summed E-state index contributed by atoms with van der Waals surface area (Å²) >= 11 is 0. The van der Waals surface area contributed by atoms with Gasteiger partial charge < -0.3 is 10.5 Å². The maximum absolute atomic E-state index is 11.0. The molecule has 0 atom stereocenters. The van der Waals surface area contributed by atoms with Crippen molar-refractivity contribution in [3.05, 3.63) is 11.8 Å². The SMILES string of the molecule is CC(C)(C)OC(=O)C1CC1.NC(=O)C1=NN=C2CC=NC=C21. The lowest BCUT2D eigenvalue weighted by molar-refractivity contribution is -0.156. The fourth-order valence-corrected chi connectivity index (χ4v) is 1.79. The Balaban J connectivity index is 0.000000164. The fraction of sp³-hybridized carbons (Fsp3) is 0.533. The minimum Gasteiger partial charge on any atom is -0.460 e. The quantitative estimate of drug-likeness (QED) is 0.779. The lowest BCUT2D eigenvalue weighted by atomic mass is 10.0. The van der Waals surface area contributed by atoms with E-state index < -0.39 is 5.91 Å². The first-order valence-electron chi connectivity index (χ1n) is 7.17. The summed E-state index contributed by atoms with van der Waals surface area (Å²) in [5.41, 5.74) is 6.39. The van der Waals surface area contributed by atoms with Crippen LogP contribution in [0.2, 0.25) is 0 Å². The number of fused-ring (bicyclic) bond motifs is 1. The van der Waals surface area contributed by atoms with E-state index in [2.05, 4.69) is 15.2 Å². The number of esters is 1. The van der Waals surface area contributed by atoms with E-state index in [1.165, 1.54) is 0 Å². The number of amides is 1. The Hall–Kier alpha value is -2.31. The van der Waals surface area contributed by atoms with Crippen molar-refractivity contribution in [2.24, 2.45) is 26.8 Å². The van der Waals surface area contributed by atoms with Gasteiger partial charge in [-0.2, -0.15) is 5.10 Å². The summed E-state index contributed by atoms with van der Waals surface area (Å²) in [7, 11) is 0. The third kappa shape index (κ3) is 4.34.